The molecule has 0 aromatic heterocycles. The second-order valence-corrected chi connectivity index (χ2v) is 5.61. The van der Waals surface area contributed by atoms with Crippen LogP contribution >= 0.6 is 0 Å². The number of oxime groups is 1. The molecule has 4 nitrogen and oxygen atoms in total. The van der Waals surface area contributed by atoms with Gasteiger partial charge in [-0.3, -0.25) is 4.90 Å². The van der Waals surface area contributed by atoms with E-state index in [9.17, 15) is 0 Å². The molecule has 1 unspecified atom stereocenters. The predicted molar refractivity (Wildman–Crippen MR) is 81.8 cm³/mol. The summed E-state index contributed by atoms with van der Waals surface area (Å²) in [6.45, 7) is 4.27. The molecule has 0 heterocycles. The lowest BCUT2D eigenvalue weighted by atomic mass is 9.84. The smallest absolute Gasteiger partial charge is 0.141 e. The Morgan fingerprint density at radius 1 is 1.40 bits per heavy atom. The Labute approximate surface area is 121 Å². The van der Waals surface area contributed by atoms with Crippen molar-refractivity contribution in [2.24, 2.45) is 16.8 Å². The van der Waals surface area contributed by atoms with Gasteiger partial charge < -0.3 is 10.9 Å². The SMILES string of the molecule is CCN(CC1CCC1)C(C/C(N)=N/O)c1ccccc1. The Balaban J connectivity index is 2.14. The zero-order valence-electron chi connectivity index (χ0n) is 12.2. The number of nitrogens with two attached hydrogens (primary N) is 1. The van der Waals surface area contributed by atoms with Gasteiger partial charge >= 0.3 is 0 Å². The van der Waals surface area contributed by atoms with Gasteiger partial charge in [-0.25, -0.2) is 0 Å². The molecule has 1 aliphatic carbocycles. The Hall–Kier alpha value is -1.55. The Morgan fingerprint density at radius 2 is 2.10 bits per heavy atom. The zero-order valence-corrected chi connectivity index (χ0v) is 12.2. The van der Waals surface area contributed by atoms with Crippen LogP contribution in [0.25, 0.3) is 0 Å². The van der Waals surface area contributed by atoms with Gasteiger partial charge in [-0.15, -0.1) is 0 Å². The molecule has 0 bridgehead atoms. The first kappa shape index (κ1) is 14.9. The van der Waals surface area contributed by atoms with Crippen LogP contribution in [0.3, 0.4) is 0 Å². The molecular formula is C16H25N3O. The van der Waals surface area contributed by atoms with Gasteiger partial charge in [0.2, 0.25) is 0 Å². The lowest BCUT2D eigenvalue weighted by Gasteiger charge is -2.37. The second-order valence-electron chi connectivity index (χ2n) is 5.61. The van der Waals surface area contributed by atoms with Crippen molar-refractivity contribution >= 4 is 5.84 Å². The molecule has 1 atom stereocenters. The van der Waals surface area contributed by atoms with E-state index >= 15 is 0 Å². The summed E-state index contributed by atoms with van der Waals surface area (Å²) < 4.78 is 0. The van der Waals surface area contributed by atoms with Crippen LogP contribution in [0, 0.1) is 5.92 Å². The van der Waals surface area contributed by atoms with Crippen molar-refractivity contribution in [1.82, 2.24) is 4.90 Å². The summed E-state index contributed by atoms with van der Waals surface area (Å²) in [5.74, 6) is 1.11. The Morgan fingerprint density at radius 3 is 2.60 bits per heavy atom. The minimum Gasteiger partial charge on any atom is -0.409 e. The highest BCUT2D eigenvalue weighted by Crippen LogP contribution is 2.31. The molecule has 1 aromatic carbocycles. The molecule has 3 N–H and O–H groups in total. The number of benzene rings is 1. The number of rotatable bonds is 7. The highest BCUT2D eigenvalue weighted by molar-refractivity contribution is 5.80. The fourth-order valence-electron chi connectivity index (χ4n) is 2.86. The van der Waals surface area contributed by atoms with E-state index in [-0.39, 0.29) is 6.04 Å². The number of hydrogen-bond donors (Lipinski definition) is 2. The fraction of sp³-hybridized carbons (Fsp3) is 0.562. The summed E-state index contributed by atoms with van der Waals surface area (Å²) in [4.78, 5) is 2.46. The van der Waals surface area contributed by atoms with Gasteiger partial charge in [0.15, 0.2) is 0 Å². The molecule has 1 saturated carbocycles. The van der Waals surface area contributed by atoms with E-state index in [2.05, 4.69) is 29.1 Å². The van der Waals surface area contributed by atoms with Crippen LogP contribution < -0.4 is 5.73 Å². The topological polar surface area (TPSA) is 61.8 Å². The number of amidine groups is 1. The van der Waals surface area contributed by atoms with Gasteiger partial charge in [-0.2, -0.15) is 0 Å². The van der Waals surface area contributed by atoms with Crippen molar-refractivity contribution in [1.29, 1.82) is 0 Å². The Kier molecular flexibility index (Phi) is 5.41. The van der Waals surface area contributed by atoms with Gasteiger partial charge in [0.25, 0.3) is 0 Å². The standard InChI is InChI=1S/C16H25N3O/c1-2-19(12-13-7-6-8-13)15(11-16(17)18-20)14-9-4-3-5-10-14/h3-5,9-10,13,15,20H,2,6-8,11-12H2,1H3,(H2,17,18). The molecule has 1 fully saturated rings. The third kappa shape index (κ3) is 3.73. The molecule has 20 heavy (non-hydrogen) atoms. The molecule has 110 valence electrons. The normalized spacial score (nSPS) is 18.0. The first-order valence-electron chi connectivity index (χ1n) is 7.50. The van der Waals surface area contributed by atoms with Gasteiger partial charge in [-0.05, 0) is 30.9 Å². The molecule has 0 amide bonds. The quantitative estimate of drug-likeness (QED) is 0.348. The maximum absolute atomic E-state index is 8.87. The molecular weight excluding hydrogens is 250 g/mol. The third-order valence-corrected chi connectivity index (χ3v) is 4.28. The molecule has 0 spiro atoms. The van der Waals surface area contributed by atoms with Gasteiger partial charge in [0.05, 0.1) is 0 Å². The van der Waals surface area contributed by atoms with Crippen molar-refractivity contribution in [2.75, 3.05) is 13.1 Å². The lowest BCUT2D eigenvalue weighted by molar-refractivity contribution is 0.140. The largest absolute Gasteiger partial charge is 0.409 e. The van der Waals surface area contributed by atoms with Crippen molar-refractivity contribution in [2.45, 2.75) is 38.6 Å². The maximum Gasteiger partial charge on any atom is 0.141 e. The van der Waals surface area contributed by atoms with Crippen LogP contribution in [0.1, 0.15) is 44.2 Å². The van der Waals surface area contributed by atoms with E-state index in [1.54, 1.807) is 0 Å². The first-order valence-corrected chi connectivity index (χ1v) is 7.50. The molecule has 1 aliphatic rings. The molecule has 4 heteroatoms. The van der Waals surface area contributed by atoms with E-state index < -0.39 is 0 Å². The maximum atomic E-state index is 8.87. The average Bonchev–Trinajstić information content (AvgIpc) is 2.45. The average molecular weight is 275 g/mol. The van der Waals surface area contributed by atoms with E-state index in [0.29, 0.717) is 12.3 Å². The van der Waals surface area contributed by atoms with Crippen LogP contribution in [0.2, 0.25) is 0 Å². The first-order chi connectivity index (χ1) is 9.74. The highest BCUT2D eigenvalue weighted by Gasteiger charge is 2.26. The van der Waals surface area contributed by atoms with Gasteiger partial charge in [-0.1, -0.05) is 48.8 Å². The summed E-state index contributed by atoms with van der Waals surface area (Å²) in [5.41, 5.74) is 6.99. The molecule has 1 aromatic rings. The summed E-state index contributed by atoms with van der Waals surface area (Å²) in [6, 6.07) is 10.6. The monoisotopic (exact) mass is 275 g/mol. The van der Waals surface area contributed by atoms with E-state index in [1.807, 2.05) is 18.2 Å². The number of nitrogens with zero attached hydrogens (tertiary/aromatic N) is 2. The predicted octanol–water partition coefficient (Wildman–Crippen LogP) is 2.99. The zero-order chi connectivity index (χ0) is 14.4. The van der Waals surface area contributed by atoms with Crippen molar-refractivity contribution < 1.29 is 5.21 Å². The van der Waals surface area contributed by atoms with Crippen LogP contribution in [0.5, 0.6) is 0 Å². The van der Waals surface area contributed by atoms with Gasteiger partial charge in [0, 0.05) is 19.0 Å². The minimum atomic E-state index is 0.192. The number of hydrogen-bond acceptors (Lipinski definition) is 3. The molecule has 0 radical (unpaired) electrons. The van der Waals surface area contributed by atoms with Crippen LogP contribution in [0.4, 0.5) is 0 Å². The fourth-order valence-corrected chi connectivity index (χ4v) is 2.86. The van der Waals surface area contributed by atoms with Crippen LogP contribution in [0.15, 0.2) is 35.5 Å². The highest BCUT2D eigenvalue weighted by atomic mass is 16.4. The summed E-state index contributed by atoms with van der Waals surface area (Å²) >= 11 is 0. The lowest BCUT2D eigenvalue weighted by Crippen LogP contribution is -2.37. The summed E-state index contributed by atoms with van der Waals surface area (Å²) in [7, 11) is 0. The summed E-state index contributed by atoms with van der Waals surface area (Å²) in [6.07, 6.45) is 4.60. The van der Waals surface area contributed by atoms with Crippen molar-refractivity contribution in [3.05, 3.63) is 35.9 Å². The van der Waals surface area contributed by atoms with E-state index in [0.717, 1.165) is 19.0 Å². The molecule has 0 aliphatic heterocycles. The molecule has 2 rings (SSSR count). The van der Waals surface area contributed by atoms with Crippen molar-refractivity contribution in [3.63, 3.8) is 0 Å². The summed E-state index contributed by atoms with van der Waals surface area (Å²) in [5, 5.41) is 12.0. The molecule has 0 saturated heterocycles. The minimum absolute atomic E-state index is 0.192. The third-order valence-electron chi connectivity index (χ3n) is 4.28. The van der Waals surface area contributed by atoms with Crippen LogP contribution in [-0.4, -0.2) is 29.0 Å². The van der Waals surface area contributed by atoms with E-state index in [4.69, 9.17) is 10.9 Å². The second kappa shape index (κ2) is 7.29. The van der Waals surface area contributed by atoms with Gasteiger partial charge in [0.1, 0.15) is 5.84 Å². The van der Waals surface area contributed by atoms with Crippen LogP contribution in [-0.2, 0) is 0 Å². The Bertz CT molecular complexity index is 429. The van der Waals surface area contributed by atoms with Crippen molar-refractivity contribution in [3.8, 4) is 0 Å². The van der Waals surface area contributed by atoms with E-state index in [1.165, 1.54) is 24.8 Å².